The number of hydrogen-bond donors (Lipinski definition) is 2. The van der Waals surface area contributed by atoms with Gasteiger partial charge in [-0.3, -0.25) is 5.41 Å². The van der Waals surface area contributed by atoms with Gasteiger partial charge in [-0.25, -0.2) is 9.97 Å². The minimum Gasteiger partial charge on any atom is -0.497 e. The van der Waals surface area contributed by atoms with Gasteiger partial charge in [-0.2, -0.15) is 0 Å². The van der Waals surface area contributed by atoms with Crippen LogP contribution in [0.25, 0.3) is 0 Å². The fourth-order valence-corrected chi connectivity index (χ4v) is 1.49. The van der Waals surface area contributed by atoms with Crippen LogP contribution in [0.15, 0.2) is 36.7 Å². The number of benzene rings is 1. The van der Waals surface area contributed by atoms with Crippen LogP contribution < -0.4 is 15.2 Å². The number of ether oxygens (including phenoxy) is 2. The molecule has 98 valence electrons. The van der Waals surface area contributed by atoms with Crippen LogP contribution in [0.4, 0.5) is 0 Å². The van der Waals surface area contributed by atoms with E-state index in [4.69, 9.17) is 20.6 Å². The molecule has 3 N–H and O–H groups in total. The molecule has 1 aromatic carbocycles. The molecular weight excluding hydrogens is 244 g/mol. The standard InChI is InChI=1S/C13H14N4O2/c1-18-10-4-2-9(3-5-10)8-19-13-11(12(14)15)16-6-7-17-13/h2-7H,8H2,1H3,(H3,14,15). The largest absolute Gasteiger partial charge is 0.497 e. The summed E-state index contributed by atoms with van der Waals surface area (Å²) in [7, 11) is 1.62. The molecule has 6 heteroatoms. The zero-order valence-corrected chi connectivity index (χ0v) is 10.5. The van der Waals surface area contributed by atoms with Crippen LogP contribution in [0.3, 0.4) is 0 Å². The van der Waals surface area contributed by atoms with Gasteiger partial charge in [-0.05, 0) is 17.7 Å². The van der Waals surface area contributed by atoms with Crippen molar-refractivity contribution in [1.29, 1.82) is 5.41 Å². The predicted octanol–water partition coefficient (Wildman–Crippen LogP) is 1.35. The van der Waals surface area contributed by atoms with Gasteiger partial charge in [0.15, 0.2) is 5.69 Å². The number of nitrogens with two attached hydrogens (primary N) is 1. The number of amidine groups is 1. The minimum atomic E-state index is -0.169. The van der Waals surface area contributed by atoms with Crippen molar-refractivity contribution in [3.8, 4) is 11.6 Å². The lowest BCUT2D eigenvalue weighted by Crippen LogP contribution is -2.15. The third-order valence-electron chi connectivity index (χ3n) is 2.45. The van der Waals surface area contributed by atoms with Crippen LogP contribution in [-0.4, -0.2) is 22.9 Å². The maximum atomic E-state index is 7.39. The highest BCUT2D eigenvalue weighted by Crippen LogP contribution is 2.15. The first kappa shape index (κ1) is 12.8. The van der Waals surface area contributed by atoms with Crippen molar-refractivity contribution in [1.82, 2.24) is 9.97 Å². The SMILES string of the molecule is COc1ccc(COc2nccnc2C(=N)N)cc1. The van der Waals surface area contributed by atoms with Gasteiger partial charge in [-0.1, -0.05) is 12.1 Å². The van der Waals surface area contributed by atoms with E-state index in [9.17, 15) is 0 Å². The number of nitrogens with one attached hydrogen (secondary N) is 1. The van der Waals surface area contributed by atoms with Gasteiger partial charge in [0.05, 0.1) is 7.11 Å². The number of rotatable bonds is 5. The number of aromatic nitrogens is 2. The Hall–Kier alpha value is -2.63. The molecule has 2 aromatic rings. The van der Waals surface area contributed by atoms with Crippen molar-refractivity contribution in [2.45, 2.75) is 6.61 Å². The zero-order chi connectivity index (χ0) is 13.7. The molecule has 0 radical (unpaired) electrons. The van der Waals surface area contributed by atoms with Crippen molar-refractivity contribution in [3.05, 3.63) is 47.9 Å². The van der Waals surface area contributed by atoms with Gasteiger partial charge in [0.25, 0.3) is 0 Å². The van der Waals surface area contributed by atoms with Crippen molar-refractivity contribution >= 4 is 5.84 Å². The third kappa shape index (κ3) is 3.19. The van der Waals surface area contributed by atoms with E-state index in [1.54, 1.807) is 7.11 Å². The van der Waals surface area contributed by atoms with Crippen molar-refractivity contribution in [2.75, 3.05) is 7.11 Å². The third-order valence-corrected chi connectivity index (χ3v) is 2.45. The van der Waals surface area contributed by atoms with Gasteiger partial charge in [0.2, 0.25) is 5.88 Å². The molecule has 1 aromatic heterocycles. The zero-order valence-electron chi connectivity index (χ0n) is 10.5. The molecule has 19 heavy (non-hydrogen) atoms. The summed E-state index contributed by atoms with van der Waals surface area (Å²) in [5, 5.41) is 7.39. The molecule has 0 aliphatic rings. The summed E-state index contributed by atoms with van der Waals surface area (Å²) in [6.45, 7) is 0.322. The topological polar surface area (TPSA) is 94.1 Å². The maximum absolute atomic E-state index is 7.39. The lowest BCUT2D eigenvalue weighted by atomic mass is 10.2. The Morgan fingerprint density at radius 2 is 1.89 bits per heavy atom. The van der Waals surface area contributed by atoms with Crippen LogP contribution in [0, 0.1) is 5.41 Å². The Labute approximate surface area is 110 Å². The Kier molecular flexibility index (Phi) is 3.92. The fourth-order valence-electron chi connectivity index (χ4n) is 1.49. The van der Waals surface area contributed by atoms with Crippen molar-refractivity contribution in [2.24, 2.45) is 5.73 Å². The monoisotopic (exact) mass is 258 g/mol. The summed E-state index contributed by atoms with van der Waals surface area (Å²) in [6, 6.07) is 7.48. The molecule has 0 unspecified atom stereocenters. The lowest BCUT2D eigenvalue weighted by molar-refractivity contribution is 0.291. The van der Waals surface area contributed by atoms with E-state index < -0.39 is 0 Å². The molecule has 0 saturated carbocycles. The molecule has 2 rings (SSSR count). The maximum Gasteiger partial charge on any atom is 0.244 e. The van der Waals surface area contributed by atoms with Crippen LogP contribution in [0.2, 0.25) is 0 Å². The second kappa shape index (κ2) is 5.81. The highest BCUT2D eigenvalue weighted by molar-refractivity contribution is 5.94. The molecule has 0 aliphatic heterocycles. The second-order valence-corrected chi connectivity index (χ2v) is 3.76. The average molecular weight is 258 g/mol. The van der Waals surface area contributed by atoms with E-state index in [2.05, 4.69) is 9.97 Å². The van der Waals surface area contributed by atoms with Crippen molar-refractivity contribution in [3.63, 3.8) is 0 Å². The molecule has 0 spiro atoms. The van der Waals surface area contributed by atoms with E-state index in [-0.39, 0.29) is 17.4 Å². The summed E-state index contributed by atoms with van der Waals surface area (Å²) in [4.78, 5) is 7.98. The first-order chi connectivity index (χ1) is 9.20. The summed E-state index contributed by atoms with van der Waals surface area (Å²) in [6.07, 6.45) is 2.97. The molecule has 6 nitrogen and oxygen atoms in total. The smallest absolute Gasteiger partial charge is 0.244 e. The fraction of sp³-hybridized carbons (Fsp3) is 0.154. The van der Waals surface area contributed by atoms with Crippen LogP contribution >= 0.6 is 0 Å². The lowest BCUT2D eigenvalue weighted by Gasteiger charge is -2.08. The van der Waals surface area contributed by atoms with Gasteiger partial charge in [0, 0.05) is 12.4 Å². The molecule has 0 atom stereocenters. The van der Waals surface area contributed by atoms with Crippen LogP contribution in [0.1, 0.15) is 11.3 Å². The first-order valence-electron chi connectivity index (χ1n) is 5.62. The predicted molar refractivity (Wildman–Crippen MR) is 70.4 cm³/mol. The summed E-state index contributed by atoms with van der Waals surface area (Å²) >= 11 is 0. The van der Waals surface area contributed by atoms with E-state index in [1.165, 1.54) is 12.4 Å². The van der Waals surface area contributed by atoms with Gasteiger partial charge >= 0.3 is 0 Å². The molecule has 0 aliphatic carbocycles. The Balaban J connectivity index is 2.07. The van der Waals surface area contributed by atoms with E-state index >= 15 is 0 Å². The van der Waals surface area contributed by atoms with E-state index in [0.717, 1.165) is 11.3 Å². The molecule has 1 heterocycles. The molecule has 0 fully saturated rings. The molecule has 0 bridgehead atoms. The number of hydrogen-bond acceptors (Lipinski definition) is 5. The average Bonchev–Trinajstić information content (AvgIpc) is 2.46. The van der Waals surface area contributed by atoms with E-state index in [0.29, 0.717) is 6.61 Å². The highest BCUT2D eigenvalue weighted by Gasteiger charge is 2.09. The summed E-state index contributed by atoms with van der Waals surface area (Å²) in [5.74, 6) is 0.872. The van der Waals surface area contributed by atoms with E-state index in [1.807, 2.05) is 24.3 Å². The molecular formula is C13H14N4O2. The van der Waals surface area contributed by atoms with Gasteiger partial charge < -0.3 is 15.2 Å². The summed E-state index contributed by atoms with van der Waals surface area (Å²) in [5.41, 5.74) is 6.61. The quantitative estimate of drug-likeness (QED) is 0.623. The van der Waals surface area contributed by atoms with Crippen LogP contribution in [0.5, 0.6) is 11.6 Å². The molecule has 0 saturated heterocycles. The van der Waals surface area contributed by atoms with Gasteiger partial charge in [-0.15, -0.1) is 0 Å². The Morgan fingerprint density at radius 1 is 1.21 bits per heavy atom. The first-order valence-corrected chi connectivity index (χ1v) is 5.62. The minimum absolute atomic E-state index is 0.169. The van der Waals surface area contributed by atoms with Crippen molar-refractivity contribution < 1.29 is 9.47 Å². The second-order valence-electron chi connectivity index (χ2n) is 3.76. The van der Waals surface area contributed by atoms with Gasteiger partial charge in [0.1, 0.15) is 18.2 Å². The summed E-state index contributed by atoms with van der Waals surface area (Å²) < 4.78 is 10.6. The van der Waals surface area contributed by atoms with Crippen LogP contribution in [-0.2, 0) is 6.61 Å². The number of methoxy groups -OCH3 is 1. The molecule has 0 amide bonds. The number of nitrogens with zero attached hydrogens (tertiary/aromatic N) is 2. The Bertz CT molecular complexity index is 569. The highest BCUT2D eigenvalue weighted by atomic mass is 16.5. The Morgan fingerprint density at radius 3 is 2.53 bits per heavy atom. The number of nitrogen functional groups attached to an aromatic ring is 1. The normalized spacial score (nSPS) is 9.95.